The molecule has 0 unspecified atom stereocenters. The fourth-order valence-corrected chi connectivity index (χ4v) is 5.32. The Balaban J connectivity index is 1.44. The molecular weight excluding hydrogens is 556 g/mol. The summed E-state index contributed by atoms with van der Waals surface area (Å²) in [6.45, 7) is 0.231. The topological polar surface area (TPSA) is 131 Å². The second-order valence-electron chi connectivity index (χ2n) is 9.94. The molecule has 11 heteroatoms. The lowest BCUT2D eigenvalue weighted by atomic mass is 9.84. The highest BCUT2D eigenvalue weighted by Crippen LogP contribution is 2.47. The largest absolute Gasteiger partial charge is 0.507 e. The minimum Gasteiger partial charge on any atom is -0.507 e. The number of hydrogen-bond acceptors (Lipinski definition) is 10. The number of benzene rings is 3. The van der Waals surface area contributed by atoms with Crippen molar-refractivity contribution in [3.8, 4) is 45.6 Å². The molecule has 2 aromatic heterocycles. The number of fused-ring (bicyclic) bond motifs is 3. The van der Waals surface area contributed by atoms with Gasteiger partial charge in [0.1, 0.15) is 41.2 Å². The molecule has 43 heavy (non-hydrogen) atoms. The molecule has 0 saturated heterocycles. The number of rotatable bonds is 8. The third kappa shape index (κ3) is 4.88. The molecule has 1 atom stereocenters. The summed E-state index contributed by atoms with van der Waals surface area (Å²) < 4.78 is 35.7. The van der Waals surface area contributed by atoms with Crippen LogP contribution in [-0.2, 0) is 18.4 Å². The number of imidazole rings is 1. The molecule has 0 aliphatic carbocycles. The van der Waals surface area contributed by atoms with Crippen molar-refractivity contribution in [3.63, 3.8) is 0 Å². The summed E-state index contributed by atoms with van der Waals surface area (Å²) in [7, 11) is 6.42. The van der Waals surface area contributed by atoms with Crippen LogP contribution >= 0.6 is 0 Å². The van der Waals surface area contributed by atoms with Crippen molar-refractivity contribution in [3.05, 3.63) is 88.3 Å². The van der Waals surface area contributed by atoms with Gasteiger partial charge >= 0.3 is 5.97 Å². The molecule has 3 aromatic carbocycles. The summed E-state index contributed by atoms with van der Waals surface area (Å²) >= 11 is 0. The standard InChI is InChI=1S/C32H28N2O9/c1-34-10-9-33-27(34)16-41-23-8-6-17(11-25(23)40-4)19-13-28(36)43-26-14-21(35)30-31(37)20(15-42-32(30)29(19)26)18-5-7-22(38-2)24(12-18)39-3/h5-12,14-15,19,35H,13,16H2,1-4H3/t19-/m0/s1. The van der Waals surface area contributed by atoms with Crippen LogP contribution in [-0.4, -0.2) is 42.0 Å². The van der Waals surface area contributed by atoms with E-state index in [1.807, 2.05) is 23.9 Å². The predicted octanol–water partition coefficient (Wildman–Crippen LogP) is 4.94. The number of carbonyl (C=O) groups is 1. The number of hydrogen-bond donors (Lipinski definition) is 1. The first-order valence-electron chi connectivity index (χ1n) is 13.3. The zero-order valence-corrected chi connectivity index (χ0v) is 23.9. The molecule has 220 valence electrons. The monoisotopic (exact) mass is 584 g/mol. The molecule has 3 heterocycles. The van der Waals surface area contributed by atoms with Crippen LogP contribution in [0, 0.1) is 0 Å². The van der Waals surface area contributed by atoms with Gasteiger partial charge in [-0.1, -0.05) is 12.1 Å². The van der Waals surface area contributed by atoms with E-state index < -0.39 is 17.3 Å². The fourth-order valence-electron chi connectivity index (χ4n) is 5.32. The Labute approximate surface area is 245 Å². The third-order valence-corrected chi connectivity index (χ3v) is 7.53. The lowest BCUT2D eigenvalue weighted by molar-refractivity contribution is -0.135. The van der Waals surface area contributed by atoms with E-state index in [4.69, 9.17) is 28.1 Å². The maximum Gasteiger partial charge on any atom is 0.312 e. The molecule has 0 amide bonds. The average molecular weight is 585 g/mol. The Bertz CT molecular complexity index is 1920. The first kappa shape index (κ1) is 27.7. The van der Waals surface area contributed by atoms with Gasteiger partial charge in [0.2, 0.25) is 5.43 Å². The summed E-state index contributed by atoms with van der Waals surface area (Å²) in [6.07, 6.45) is 4.82. The summed E-state index contributed by atoms with van der Waals surface area (Å²) in [4.78, 5) is 30.7. The van der Waals surface area contributed by atoms with Crippen molar-refractivity contribution in [2.24, 2.45) is 7.05 Å². The average Bonchev–Trinajstić information content (AvgIpc) is 3.43. The van der Waals surface area contributed by atoms with E-state index in [0.29, 0.717) is 39.7 Å². The molecule has 6 rings (SSSR count). The van der Waals surface area contributed by atoms with Gasteiger partial charge < -0.3 is 37.8 Å². The van der Waals surface area contributed by atoms with Gasteiger partial charge in [-0.3, -0.25) is 9.59 Å². The van der Waals surface area contributed by atoms with Crippen molar-refractivity contribution < 1.29 is 38.0 Å². The smallest absolute Gasteiger partial charge is 0.312 e. The Morgan fingerprint density at radius 3 is 2.44 bits per heavy atom. The number of phenols is 1. The molecule has 0 fully saturated rings. The van der Waals surface area contributed by atoms with Gasteiger partial charge in [-0.15, -0.1) is 0 Å². The van der Waals surface area contributed by atoms with E-state index in [1.165, 1.54) is 33.7 Å². The highest BCUT2D eigenvalue weighted by atomic mass is 16.5. The Hall–Kier alpha value is -5.45. The van der Waals surface area contributed by atoms with Gasteiger partial charge in [0.15, 0.2) is 23.0 Å². The van der Waals surface area contributed by atoms with Crippen molar-refractivity contribution in [2.45, 2.75) is 18.9 Å². The maximum atomic E-state index is 13.8. The number of carbonyl (C=O) groups excluding carboxylic acids is 1. The SMILES string of the molecule is COc1ccc(-c2coc3c4c(cc(O)c3c2=O)OC(=O)C[C@H]4c2ccc(OCc3nccn3C)c(OC)c2)cc1OC. The minimum atomic E-state index is -0.563. The third-order valence-electron chi connectivity index (χ3n) is 7.53. The van der Waals surface area contributed by atoms with Crippen LogP contribution in [0.3, 0.4) is 0 Å². The second kappa shape index (κ2) is 11.1. The minimum absolute atomic E-state index is 0.0232. The first-order valence-corrected chi connectivity index (χ1v) is 13.3. The molecule has 0 spiro atoms. The molecule has 5 aromatic rings. The quantitative estimate of drug-likeness (QED) is 0.198. The summed E-state index contributed by atoms with van der Waals surface area (Å²) in [6, 6.07) is 11.7. The number of ether oxygens (including phenoxy) is 5. The molecule has 11 nitrogen and oxygen atoms in total. The van der Waals surface area contributed by atoms with Crippen LogP contribution in [0.2, 0.25) is 0 Å². The van der Waals surface area contributed by atoms with Crippen LogP contribution in [0.1, 0.15) is 29.3 Å². The molecule has 1 aliphatic rings. The van der Waals surface area contributed by atoms with Crippen LogP contribution < -0.4 is 29.1 Å². The van der Waals surface area contributed by atoms with E-state index in [2.05, 4.69) is 4.98 Å². The highest BCUT2D eigenvalue weighted by molar-refractivity contribution is 5.94. The summed E-state index contributed by atoms with van der Waals surface area (Å²) in [5, 5.41) is 10.9. The van der Waals surface area contributed by atoms with Crippen LogP contribution in [0.25, 0.3) is 22.1 Å². The predicted molar refractivity (Wildman–Crippen MR) is 155 cm³/mol. The van der Waals surface area contributed by atoms with Gasteiger partial charge in [0.05, 0.1) is 33.3 Å². The van der Waals surface area contributed by atoms with Gasteiger partial charge in [-0.25, -0.2) is 4.98 Å². The van der Waals surface area contributed by atoms with Crippen LogP contribution in [0.4, 0.5) is 0 Å². The van der Waals surface area contributed by atoms with E-state index >= 15 is 0 Å². The molecule has 0 radical (unpaired) electrons. The van der Waals surface area contributed by atoms with E-state index in [1.54, 1.807) is 36.5 Å². The zero-order chi connectivity index (χ0) is 30.2. The molecular formula is C32H28N2O9. The Morgan fingerprint density at radius 2 is 1.72 bits per heavy atom. The van der Waals surface area contributed by atoms with Gasteiger partial charge in [-0.2, -0.15) is 0 Å². The van der Waals surface area contributed by atoms with Gasteiger partial charge in [0, 0.05) is 37.0 Å². The number of aromatic hydroxyl groups is 1. The van der Waals surface area contributed by atoms with Crippen molar-refractivity contribution in [1.82, 2.24) is 9.55 Å². The number of methoxy groups -OCH3 is 3. The van der Waals surface area contributed by atoms with E-state index in [0.717, 1.165) is 5.82 Å². The number of phenolic OH excluding ortho intramolecular Hbond substituents is 1. The van der Waals surface area contributed by atoms with Crippen molar-refractivity contribution in [2.75, 3.05) is 21.3 Å². The number of aryl methyl sites for hydroxylation is 1. The van der Waals surface area contributed by atoms with Crippen LogP contribution in [0.15, 0.2) is 70.3 Å². The van der Waals surface area contributed by atoms with Crippen LogP contribution in [0.5, 0.6) is 34.5 Å². The molecule has 0 saturated carbocycles. The summed E-state index contributed by atoms with van der Waals surface area (Å²) in [5.41, 5.74) is 1.56. The van der Waals surface area contributed by atoms with Crippen molar-refractivity contribution >= 4 is 16.9 Å². The normalized spacial score (nSPS) is 14.2. The Morgan fingerprint density at radius 1 is 0.977 bits per heavy atom. The lowest BCUT2D eigenvalue weighted by Gasteiger charge is -2.26. The highest BCUT2D eigenvalue weighted by Gasteiger charge is 2.34. The number of nitrogens with zero attached hydrogens (tertiary/aromatic N) is 2. The van der Waals surface area contributed by atoms with E-state index in [-0.39, 0.29) is 41.1 Å². The van der Waals surface area contributed by atoms with Gasteiger partial charge in [-0.05, 0) is 35.4 Å². The number of aromatic nitrogens is 2. The molecule has 1 aliphatic heterocycles. The first-order chi connectivity index (χ1) is 20.8. The van der Waals surface area contributed by atoms with E-state index in [9.17, 15) is 14.7 Å². The maximum absolute atomic E-state index is 13.8. The molecule has 1 N–H and O–H groups in total. The summed E-state index contributed by atoms with van der Waals surface area (Å²) in [5.74, 6) is 1.31. The van der Waals surface area contributed by atoms with Gasteiger partial charge in [0.25, 0.3) is 0 Å². The molecule has 0 bridgehead atoms. The Kier molecular flexibility index (Phi) is 7.14. The fraction of sp³-hybridized carbons (Fsp3) is 0.219. The lowest BCUT2D eigenvalue weighted by Crippen LogP contribution is -2.22. The second-order valence-corrected chi connectivity index (χ2v) is 9.94. The number of esters is 1. The van der Waals surface area contributed by atoms with Crippen molar-refractivity contribution in [1.29, 1.82) is 0 Å². The zero-order valence-electron chi connectivity index (χ0n) is 23.9.